The zero-order valence-corrected chi connectivity index (χ0v) is 19.3. The van der Waals surface area contributed by atoms with E-state index in [1.807, 2.05) is 60.8 Å². The molecule has 37 heavy (non-hydrogen) atoms. The van der Waals surface area contributed by atoms with Gasteiger partial charge in [0.1, 0.15) is 17.2 Å². The maximum Gasteiger partial charge on any atom is 0.270 e. The van der Waals surface area contributed by atoms with Gasteiger partial charge < -0.3 is 10.5 Å². The van der Waals surface area contributed by atoms with Crippen LogP contribution in [-0.4, -0.2) is 19.7 Å². The van der Waals surface area contributed by atoms with Gasteiger partial charge in [0.05, 0.1) is 22.2 Å². The average molecular weight is 486 g/mol. The normalized spacial score (nSPS) is 14.6. The molecule has 1 aliphatic rings. The quantitative estimate of drug-likeness (QED) is 0.272. The molecule has 0 bridgehead atoms. The van der Waals surface area contributed by atoms with Gasteiger partial charge in [-0.1, -0.05) is 48.5 Å². The van der Waals surface area contributed by atoms with Crippen LogP contribution in [0.15, 0.2) is 103 Å². The predicted octanol–water partition coefficient (Wildman–Crippen LogP) is 5.21. The Bertz CT molecular complexity index is 1770. The second-order valence-corrected chi connectivity index (χ2v) is 8.50. The number of ether oxygens (including phenoxy) is 1. The number of hydrogen-bond acceptors (Lipinski definition) is 7. The largest absolute Gasteiger partial charge is 0.438 e. The standard InChI is InChI=1S/C28H18N6O3/c29-15-22-24(21-12-11-17-7-5-13-31-26(17)27(21)37-28(22)30)23-16-33(19-8-2-1-3-9-19)32-25(23)18-6-4-10-20(14-18)34(35)36/h1-14,16,24H,30H2. The number of nitro benzene ring substituents is 1. The first-order valence-corrected chi connectivity index (χ1v) is 11.4. The van der Waals surface area contributed by atoms with Crippen LogP contribution in [0.3, 0.4) is 0 Å². The number of nitrogens with zero attached hydrogens (tertiary/aromatic N) is 5. The van der Waals surface area contributed by atoms with E-state index in [0.717, 1.165) is 11.1 Å². The van der Waals surface area contributed by atoms with Crippen molar-refractivity contribution in [2.45, 2.75) is 5.92 Å². The van der Waals surface area contributed by atoms with Crippen LogP contribution in [0.1, 0.15) is 17.0 Å². The van der Waals surface area contributed by atoms with Gasteiger partial charge in [0, 0.05) is 46.6 Å². The number of benzene rings is 3. The third-order valence-electron chi connectivity index (χ3n) is 6.36. The van der Waals surface area contributed by atoms with E-state index >= 15 is 0 Å². The molecule has 5 aromatic rings. The number of allylic oxidation sites excluding steroid dienone is 1. The van der Waals surface area contributed by atoms with Crippen molar-refractivity contribution in [2.75, 3.05) is 0 Å². The number of non-ortho nitro benzene ring substituents is 1. The van der Waals surface area contributed by atoms with Gasteiger partial charge >= 0.3 is 0 Å². The monoisotopic (exact) mass is 486 g/mol. The van der Waals surface area contributed by atoms with Gasteiger partial charge in [-0.25, -0.2) is 4.68 Å². The van der Waals surface area contributed by atoms with Gasteiger partial charge in [-0.3, -0.25) is 15.1 Å². The summed E-state index contributed by atoms with van der Waals surface area (Å²) >= 11 is 0. The first kappa shape index (κ1) is 22.0. The Kier molecular flexibility index (Phi) is 5.13. The summed E-state index contributed by atoms with van der Waals surface area (Å²) in [5, 5.41) is 27.3. The molecule has 2 aromatic heterocycles. The van der Waals surface area contributed by atoms with Crippen molar-refractivity contribution in [3.8, 4) is 28.8 Å². The van der Waals surface area contributed by atoms with Crippen LogP contribution in [0.25, 0.3) is 27.8 Å². The van der Waals surface area contributed by atoms with Crippen LogP contribution < -0.4 is 10.5 Å². The third-order valence-corrected chi connectivity index (χ3v) is 6.36. The summed E-state index contributed by atoms with van der Waals surface area (Å²) in [5.41, 5.74) is 10.3. The third kappa shape index (κ3) is 3.64. The first-order chi connectivity index (χ1) is 18.0. The second kappa shape index (κ2) is 8.62. The summed E-state index contributed by atoms with van der Waals surface area (Å²) in [6.07, 6.45) is 3.50. The maximum atomic E-state index is 11.5. The van der Waals surface area contributed by atoms with E-state index in [4.69, 9.17) is 15.6 Å². The highest BCUT2D eigenvalue weighted by atomic mass is 16.6. The first-order valence-electron chi connectivity index (χ1n) is 11.4. The van der Waals surface area contributed by atoms with Crippen molar-refractivity contribution in [1.82, 2.24) is 14.8 Å². The summed E-state index contributed by atoms with van der Waals surface area (Å²) in [7, 11) is 0. The smallest absolute Gasteiger partial charge is 0.270 e. The number of para-hydroxylation sites is 1. The number of nitrogens with two attached hydrogens (primary N) is 1. The lowest BCUT2D eigenvalue weighted by atomic mass is 9.82. The van der Waals surface area contributed by atoms with Gasteiger partial charge in [-0.15, -0.1) is 0 Å². The molecule has 3 heterocycles. The maximum absolute atomic E-state index is 11.5. The molecular formula is C28H18N6O3. The van der Waals surface area contributed by atoms with Gasteiger partial charge in [-0.05, 0) is 18.2 Å². The Morgan fingerprint density at radius 3 is 2.65 bits per heavy atom. The molecule has 2 N–H and O–H groups in total. The van der Waals surface area contributed by atoms with Gasteiger partial charge in [-0.2, -0.15) is 10.4 Å². The fraction of sp³-hybridized carbons (Fsp3) is 0.0357. The van der Waals surface area contributed by atoms with Crippen molar-refractivity contribution in [2.24, 2.45) is 5.73 Å². The van der Waals surface area contributed by atoms with Gasteiger partial charge in [0.15, 0.2) is 5.75 Å². The molecule has 1 atom stereocenters. The summed E-state index contributed by atoms with van der Waals surface area (Å²) in [5.74, 6) is -0.181. The molecule has 0 radical (unpaired) electrons. The Morgan fingerprint density at radius 2 is 1.86 bits per heavy atom. The Balaban J connectivity index is 1.64. The van der Waals surface area contributed by atoms with Crippen LogP contribution in [-0.2, 0) is 0 Å². The zero-order chi connectivity index (χ0) is 25.5. The lowest BCUT2D eigenvalue weighted by molar-refractivity contribution is -0.384. The molecule has 0 aliphatic carbocycles. The Labute approximate surface area is 210 Å². The predicted molar refractivity (Wildman–Crippen MR) is 137 cm³/mol. The van der Waals surface area contributed by atoms with E-state index in [0.29, 0.717) is 33.7 Å². The summed E-state index contributed by atoms with van der Waals surface area (Å²) in [6, 6.07) is 25.5. The van der Waals surface area contributed by atoms with Crippen LogP contribution >= 0.6 is 0 Å². The van der Waals surface area contributed by atoms with Crippen LogP contribution in [0.4, 0.5) is 5.69 Å². The second-order valence-electron chi connectivity index (χ2n) is 8.50. The minimum atomic E-state index is -0.633. The summed E-state index contributed by atoms with van der Waals surface area (Å²) in [4.78, 5) is 15.6. The fourth-order valence-corrected chi connectivity index (χ4v) is 4.68. The molecule has 0 spiro atoms. The molecule has 9 nitrogen and oxygen atoms in total. The van der Waals surface area contributed by atoms with Crippen molar-refractivity contribution < 1.29 is 9.66 Å². The SMILES string of the molecule is N#CC1=C(N)Oc2c(ccc3cccnc23)C1c1cn(-c2ccccc2)nc1-c1cccc([N+](=O)[O-])c1. The van der Waals surface area contributed by atoms with Crippen molar-refractivity contribution in [1.29, 1.82) is 5.26 Å². The van der Waals surface area contributed by atoms with E-state index in [2.05, 4.69) is 11.1 Å². The Hall–Kier alpha value is -5.49. The van der Waals surface area contributed by atoms with E-state index < -0.39 is 10.8 Å². The number of nitriles is 1. The molecule has 0 fully saturated rings. The lowest BCUT2D eigenvalue weighted by Crippen LogP contribution is -2.21. The topological polar surface area (TPSA) is 133 Å². The number of nitro groups is 1. The number of hydrogen-bond donors (Lipinski definition) is 1. The van der Waals surface area contributed by atoms with Gasteiger partial charge in [0.25, 0.3) is 5.69 Å². The zero-order valence-electron chi connectivity index (χ0n) is 19.3. The van der Waals surface area contributed by atoms with E-state index in [9.17, 15) is 15.4 Å². The van der Waals surface area contributed by atoms with Crippen LogP contribution in [0.2, 0.25) is 0 Å². The molecule has 1 unspecified atom stereocenters. The van der Waals surface area contributed by atoms with E-state index in [1.165, 1.54) is 12.1 Å². The highest BCUT2D eigenvalue weighted by molar-refractivity contribution is 5.87. The minimum Gasteiger partial charge on any atom is -0.438 e. The molecule has 9 heteroatoms. The number of aromatic nitrogens is 3. The molecule has 178 valence electrons. The minimum absolute atomic E-state index is 0.0180. The van der Waals surface area contributed by atoms with Crippen LogP contribution in [0.5, 0.6) is 5.75 Å². The highest BCUT2D eigenvalue weighted by Gasteiger charge is 2.35. The molecule has 6 rings (SSSR count). The van der Waals surface area contributed by atoms with Crippen molar-refractivity contribution in [3.63, 3.8) is 0 Å². The number of fused-ring (bicyclic) bond motifs is 3. The van der Waals surface area contributed by atoms with Gasteiger partial charge in [0.2, 0.25) is 5.88 Å². The molecule has 1 aliphatic heterocycles. The summed E-state index contributed by atoms with van der Waals surface area (Å²) in [6.45, 7) is 0. The molecule has 3 aromatic carbocycles. The molecule has 0 amide bonds. The van der Waals surface area contributed by atoms with Crippen molar-refractivity contribution >= 4 is 16.6 Å². The average Bonchev–Trinajstić information content (AvgIpc) is 3.38. The highest BCUT2D eigenvalue weighted by Crippen LogP contribution is 2.47. The number of rotatable bonds is 4. The van der Waals surface area contributed by atoms with Crippen molar-refractivity contribution in [3.05, 3.63) is 124 Å². The lowest BCUT2D eigenvalue weighted by Gasteiger charge is -2.26. The molecule has 0 saturated carbocycles. The molecular weight excluding hydrogens is 468 g/mol. The van der Waals surface area contributed by atoms with E-state index in [-0.39, 0.29) is 17.1 Å². The van der Waals surface area contributed by atoms with E-state index in [1.54, 1.807) is 23.0 Å². The number of pyridine rings is 1. The summed E-state index contributed by atoms with van der Waals surface area (Å²) < 4.78 is 7.64. The Morgan fingerprint density at radius 1 is 1.03 bits per heavy atom. The molecule has 0 saturated heterocycles. The van der Waals surface area contributed by atoms with Crippen LogP contribution in [0, 0.1) is 21.4 Å². The fourth-order valence-electron chi connectivity index (χ4n) is 4.68.